The second kappa shape index (κ2) is 8.67. The van der Waals surface area contributed by atoms with Crippen molar-refractivity contribution >= 4 is 6.29 Å². The summed E-state index contributed by atoms with van der Waals surface area (Å²) < 4.78 is 27.1. The van der Waals surface area contributed by atoms with Gasteiger partial charge in [-0.1, -0.05) is 12.1 Å². The quantitative estimate of drug-likeness (QED) is 0.520. The molecule has 0 saturated heterocycles. The minimum atomic E-state index is 0.269. The molecular weight excluding hydrogens is 312 g/mol. The molecule has 0 heterocycles. The van der Waals surface area contributed by atoms with Crippen LogP contribution >= 0.6 is 0 Å². The first kappa shape index (κ1) is 17.5. The number of para-hydroxylation sites is 2. The van der Waals surface area contributed by atoms with E-state index in [-0.39, 0.29) is 6.61 Å². The number of rotatable bonds is 9. The minimum absolute atomic E-state index is 0.269. The largest absolute Gasteiger partial charge is 0.493 e. The summed E-state index contributed by atoms with van der Waals surface area (Å²) in [5.41, 5.74) is 0.446. The molecule has 0 aliphatic rings. The Hall–Kier alpha value is -2.89. The lowest BCUT2D eigenvalue weighted by atomic mass is 10.2. The van der Waals surface area contributed by atoms with Gasteiger partial charge in [0.2, 0.25) is 5.75 Å². The maximum atomic E-state index is 10.9. The van der Waals surface area contributed by atoms with E-state index >= 15 is 0 Å². The molecular formula is C18H20O6. The fraction of sp³-hybridized carbons (Fsp3) is 0.278. The number of benzene rings is 2. The smallest absolute Gasteiger partial charge is 0.203 e. The van der Waals surface area contributed by atoms with E-state index in [4.69, 9.17) is 23.7 Å². The number of hydrogen-bond acceptors (Lipinski definition) is 6. The number of carbonyl (C=O) groups is 1. The van der Waals surface area contributed by atoms with Crippen molar-refractivity contribution in [1.29, 1.82) is 0 Å². The zero-order valence-electron chi connectivity index (χ0n) is 13.9. The van der Waals surface area contributed by atoms with Gasteiger partial charge < -0.3 is 23.7 Å². The van der Waals surface area contributed by atoms with Gasteiger partial charge in [-0.15, -0.1) is 0 Å². The van der Waals surface area contributed by atoms with Gasteiger partial charge in [0.05, 0.1) is 21.3 Å². The summed E-state index contributed by atoms with van der Waals surface area (Å²) in [5.74, 6) is 2.57. The van der Waals surface area contributed by atoms with E-state index in [1.165, 1.54) is 14.2 Å². The summed E-state index contributed by atoms with van der Waals surface area (Å²) in [5, 5.41) is 0. The van der Waals surface area contributed by atoms with Crippen molar-refractivity contribution in [3.63, 3.8) is 0 Å². The summed E-state index contributed by atoms with van der Waals surface area (Å²) in [6.07, 6.45) is 0.722. The third-order valence-electron chi connectivity index (χ3n) is 3.28. The Bertz CT molecular complexity index is 658. The molecule has 0 spiro atoms. The van der Waals surface area contributed by atoms with Gasteiger partial charge in [-0.3, -0.25) is 4.79 Å². The highest BCUT2D eigenvalue weighted by Crippen LogP contribution is 2.38. The van der Waals surface area contributed by atoms with Crippen molar-refractivity contribution in [2.24, 2.45) is 0 Å². The molecule has 2 rings (SSSR count). The van der Waals surface area contributed by atoms with E-state index in [1.54, 1.807) is 19.2 Å². The van der Waals surface area contributed by atoms with Crippen molar-refractivity contribution in [2.45, 2.75) is 0 Å². The Morgan fingerprint density at radius 1 is 0.792 bits per heavy atom. The first-order valence-electron chi connectivity index (χ1n) is 7.33. The average molecular weight is 332 g/mol. The summed E-state index contributed by atoms with van der Waals surface area (Å²) in [7, 11) is 4.59. The number of methoxy groups -OCH3 is 3. The standard InChI is InChI=1S/C18H20O6/c1-20-14-6-4-5-7-15(14)23-8-9-24-18-16(21-2)10-13(12-19)11-17(18)22-3/h4-7,10-12H,8-9H2,1-3H3. The molecule has 0 saturated carbocycles. The Labute approximate surface area is 140 Å². The van der Waals surface area contributed by atoms with Crippen molar-refractivity contribution in [3.05, 3.63) is 42.0 Å². The molecule has 0 radical (unpaired) electrons. The number of aldehydes is 1. The first-order valence-corrected chi connectivity index (χ1v) is 7.33. The van der Waals surface area contributed by atoms with Gasteiger partial charge in [0, 0.05) is 5.56 Å². The van der Waals surface area contributed by atoms with Crippen molar-refractivity contribution in [1.82, 2.24) is 0 Å². The lowest BCUT2D eigenvalue weighted by Gasteiger charge is -2.15. The minimum Gasteiger partial charge on any atom is -0.493 e. The maximum Gasteiger partial charge on any atom is 0.203 e. The monoisotopic (exact) mass is 332 g/mol. The van der Waals surface area contributed by atoms with Crippen LogP contribution in [0.1, 0.15) is 10.4 Å². The summed E-state index contributed by atoms with van der Waals surface area (Å²) in [6, 6.07) is 10.5. The predicted octanol–water partition coefficient (Wildman–Crippen LogP) is 2.98. The molecule has 6 heteroatoms. The fourth-order valence-electron chi connectivity index (χ4n) is 2.14. The Balaban J connectivity index is 2.02. The van der Waals surface area contributed by atoms with Crippen LogP contribution in [0, 0.1) is 0 Å². The molecule has 0 atom stereocenters. The molecule has 2 aromatic carbocycles. The number of ether oxygens (including phenoxy) is 5. The summed E-state index contributed by atoms with van der Waals surface area (Å²) >= 11 is 0. The number of hydrogen-bond donors (Lipinski definition) is 0. The molecule has 6 nitrogen and oxygen atoms in total. The average Bonchev–Trinajstić information content (AvgIpc) is 2.64. The Morgan fingerprint density at radius 2 is 1.33 bits per heavy atom. The van der Waals surface area contributed by atoms with Gasteiger partial charge in [-0.05, 0) is 24.3 Å². The van der Waals surface area contributed by atoms with E-state index in [1.807, 2.05) is 24.3 Å². The highest BCUT2D eigenvalue weighted by atomic mass is 16.6. The topological polar surface area (TPSA) is 63.2 Å². The lowest BCUT2D eigenvalue weighted by molar-refractivity contribution is 0.112. The second-order valence-corrected chi connectivity index (χ2v) is 4.72. The SMILES string of the molecule is COc1ccccc1OCCOc1c(OC)cc(C=O)cc1OC. The van der Waals surface area contributed by atoms with Gasteiger partial charge in [0.25, 0.3) is 0 Å². The first-order chi connectivity index (χ1) is 11.7. The van der Waals surface area contributed by atoms with Gasteiger partial charge in [0.15, 0.2) is 23.0 Å². The summed E-state index contributed by atoms with van der Waals surface area (Å²) in [4.78, 5) is 10.9. The van der Waals surface area contributed by atoms with E-state index in [9.17, 15) is 4.79 Å². The molecule has 0 unspecified atom stereocenters. The van der Waals surface area contributed by atoms with Gasteiger partial charge >= 0.3 is 0 Å². The van der Waals surface area contributed by atoms with E-state index < -0.39 is 0 Å². The van der Waals surface area contributed by atoms with Crippen LogP contribution in [0.15, 0.2) is 36.4 Å². The van der Waals surface area contributed by atoms with Crippen LogP contribution in [0.3, 0.4) is 0 Å². The highest BCUT2D eigenvalue weighted by Gasteiger charge is 2.14. The Kier molecular flexibility index (Phi) is 6.31. The van der Waals surface area contributed by atoms with Crippen LogP contribution in [-0.4, -0.2) is 40.8 Å². The van der Waals surface area contributed by atoms with Gasteiger partial charge in [-0.25, -0.2) is 0 Å². The van der Waals surface area contributed by atoms with Gasteiger partial charge in [0.1, 0.15) is 19.5 Å². The summed E-state index contributed by atoms with van der Waals surface area (Å²) in [6.45, 7) is 0.577. The van der Waals surface area contributed by atoms with Crippen molar-refractivity contribution in [3.8, 4) is 28.7 Å². The van der Waals surface area contributed by atoms with Gasteiger partial charge in [-0.2, -0.15) is 0 Å². The highest BCUT2D eigenvalue weighted by molar-refractivity contribution is 5.78. The molecule has 0 amide bonds. The van der Waals surface area contributed by atoms with E-state index in [2.05, 4.69) is 0 Å². The molecule has 0 aliphatic carbocycles. The molecule has 0 aliphatic heterocycles. The zero-order chi connectivity index (χ0) is 17.4. The van der Waals surface area contributed by atoms with E-state index in [0.29, 0.717) is 40.9 Å². The maximum absolute atomic E-state index is 10.9. The van der Waals surface area contributed by atoms with Crippen LogP contribution in [0.2, 0.25) is 0 Å². The van der Waals surface area contributed by atoms with Crippen LogP contribution in [0.25, 0.3) is 0 Å². The van der Waals surface area contributed by atoms with E-state index in [0.717, 1.165) is 6.29 Å². The van der Waals surface area contributed by atoms with Crippen LogP contribution < -0.4 is 23.7 Å². The number of carbonyl (C=O) groups excluding carboxylic acids is 1. The fourth-order valence-corrected chi connectivity index (χ4v) is 2.14. The lowest BCUT2D eigenvalue weighted by Crippen LogP contribution is -2.11. The third-order valence-corrected chi connectivity index (χ3v) is 3.28. The molecule has 0 fully saturated rings. The van der Waals surface area contributed by atoms with Crippen molar-refractivity contribution < 1.29 is 28.5 Å². The van der Waals surface area contributed by atoms with Crippen LogP contribution in [0.5, 0.6) is 28.7 Å². The molecule has 128 valence electrons. The van der Waals surface area contributed by atoms with Crippen LogP contribution in [-0.2, 0) is 0 Å². The third kappa shape index (κ3) is 4.10. The predicted molar refractivity (Wildman–Crippen MR) is 88.9 cm³/mol. The molecule has 0 N–H and O–H groups in total. The normalized spacial score (nSPS) is 9.96. The van der Waals surface area contributed by atoms with Crippen LogP contribution in [0.4, 0.5) is 0 Å². The second-order valence-electron chi connectivity index (χ2n) is 4.72. The van der Waals surface area contributed by atoms with Crippen molar-refractivity contribution in [2.75, 3.05) is 34.5 Å². The zero-order valence-corrected chi connectivity index (χ0v) is 13.9. The molecule has 0 bridgehead atoms. The Morgan fingerprint density at radius 3 is 1.88 bits per heavy atom. The molecule has 2 aromatic rings. The molecule has 0 aromatic heterocycles. The molecule has 24 heavy (non-hydrogen) atoms.